The molecule has 0 amide bonds. The summed E-state index contributed by atoms with van der Waals surface area (Å²) in [6.07, 6.45) is 4.11. The third-order valence-electron chi connectivity index (χ3n) is 6.21. The van der Waals surface area contributed by atoms with Gasteiger partial charge in [0.05, 0.1) is 0 Å². The highest BCUT2D eigenvalue weighted by Crippen LogP contribution is 2.38. The summed E-state index contributed by atoms with van der Waals surface area (Å²) in [6.45, 7) is 1.61. The second kappa shape index (κ2) is 8.95. The van der Waals surface area contributed by atoms with Gasteiger partial charge in [0.25, 0.3) is 0 Å². The standard InChI is InChI=1S/C22H28N2O2S.ClH/c1-23-27(25,26)22-14-20(17-8-3-2-4-9-17)16-24(22)15-19-12-7-11-18-10-5-6-13-21(18)19;/h2-6,8-10,13,19-20,22-23H,7,11-12,14-16H2,1H3;1H. The van der Waals surface area contributed by atoms with Crippen LogP contribution in [0.1, 0.15) is 47.8 Å². The average molecular weight is 421 g/mol. The van der Waals surface area contributed by atoms with E-state index < -0.39 is 15.4 Å². The lowest BCUT2D eigenvalue weighted by Crippen LogP contribution is -2.43. The number of hydrogen-bond acceptors (Lipinski definition) is 3. The first-order valence-corrected chi connectivity index (χ1v) is 11.4. The molecule has 0 aromatic heterocycles. The van der Waals surface area contributed by atoms with Gasteiger partial charge in [-0.05, 0) is 61.3 Å². The summed E-state index contributed by atoms with van der Waals surface area (Å²) in [4.78, 5) is 2.20. The Morgan fingerprint density at radius 3 is 2.54 bits per heavy atom. The van der Waals surface area contributed by atoms with Crippen molar-refractivity contribution in [3.63, 3.8) is 0 Å². The van der Waals surface area contributed by atoms with Crippen molar-refractivity contribution in [1.82, 2.24) is 9.62 Å². The minimum atomic E-state index is -3.34. The van der Waals surface area contributed by atoms with Crippen molar-refractivity contribution in [3.05, 3.63) is 71.3 Å². The Hall–Kier alpha value is -1.40. The van der Waals surface area contributed by atoms with Crippen molar-refractivity contribution in [2.45, 2.75) is 42.9 Å². The monoisotopic (exact) mass is 420 g/mol. The topological polar surface area (TPSA) is 49.4 Å². The molecule has 0 radical (unpaired) electrons. The van der Waals surface area contributed by atoms with Gasteiger partial charge in [0.15, 0.2) is 0 Å². The van der Waals surface area contributed by atoms with Crippen LogP contribution in [-0.2, 0) is 16.4 Å². The van der Waals surface area contributed by atoms with Crippen molar-refractivity contribution < 1.29 is 8.42 Å². The van der Waals surface area contributed by atoms with Gasteiger partial charge in [0.1, 0.15) is 5.37 Å². The Morgan fingerprint density at radius 1 is 1.07 bits per heavy atom. The van der Waals surface area contributed by atoms with Gasteiger partial charge >= 0.3 is 0 Å². The molecule has 0 spiro atoms. The van der Waals surface area contributed by atoms with E-state index in [1.807, 2.05) is 18.2 Å². The summed E-state index contributed by atoms with van der Waals surface area (Å²) >= 11 is 0. The maximum Gasteiger partial charge on any atom is 0.227 e. The predicted molar refractivity (Wildman–Crippen MR) is 117 cm³/mol. The number of likely N-dealkylation sites (tertiary alicyclic amines) is 1. The zero-order valence-electron chi connectivity index (χ0n) is 16.3. The smallest absolute Gasteiger partial charge is 0.227 e. The van der Waals surface area contributed by atoms with E-state index in [-0.39, 0.29) is 18.3 Å². The number of aryl methyl sites for hydroxylation is 1. The molecule has 4 nitrogen and oxygen atoms in total. The van der Waals surface area contributed by atoms with Crippen molar-refractivity contribution >= 4 is 22.4 Å². The second-order valence-corrected chi connectivity index (χ2v) is 9.83. The molecule has 2 aromatic carbocycles. The maximum atomic E-state index is 12.7. The number of halogens is 1. The summed E-state index contributed by atoms with van der Waals surface area (Å²) in [6, 6.07) is 19.0. The lowest BCUT2D eigenvalue weighted by Gasteiger charge is -2.32. The van der Waals surface area contributed by atoms with Crippen LogP contribution in [0.4, 0.5) is 0 Å². The molecule has 2 aromatic rings. The van der Waals surface area contributed by atoms with Gasteiger partial charge in [0.2, 0.25) is 10.0 Å². The molecule has 152 valence electrons. The van der Waals surface area contributed by atoms with Gasteiger partial charge in [-0.15, -0.1) is 12.4 Å². The summed E-state index contributed by atoms with van der Waals surface area (Å²) in [5, 5.41) is -0.457. The minimum absolute atomic E-state index is 0. The van der Waals surface area contributed by atoms with E-state index in [9.17, 15) is 8.42 Å². The molecule has 3 atom stereocenters. The van der Waals surface area contributed by atoms with Crippen molar-refractivity contribution in [2.75, 3.05) is 20.1 Å². The molecule has 0 bridgehead atoms. The molecule has 1 N–H and O–H groups in total. The van der Waals surface area contributed by atoms with E-state index in [0.717, 1.165) is 25.9 Å². The van der Waals surface area contributed by atoms with Crippen LogP contribution in [0.3, 0.4) is 0 Å². The molecule has 3 unspecified atom stereocenters. The first kappa shape index (κ1) is 21.3. The summed E-state index contributed by atoms with van der Waals surface area (Å²) in [5.41, 5.74) is 4.08. The minimum Gasteiger partial charge on any atom is -0.285 e. The van der Waals surface area contributed by atoms with E-state index >= 15 is 0 Å². The fraction of sp³-hybridized carbons (Fsp3) is 0.455. The highest BCUT2D eigenvalue weighted by Gasteiger charge is 2.41. The van der Waals surface area contributed by atoms with Crippen molar-refractivity contribution in [3.8, 4) is 0 Å². The Balaban J connectivity index is 0.00000225. The van der Waals surface area contributed by atoms with Crippen LogP contribution in [0, 0.1) is 0 Å². The predicted octanol–water partition coefficient (Wildman–Crippen LogP) is 3.89. The first-order valence-electron chi connectivity index (χ1n) is 9.87. The molecule has 6 heteroatoms. The SMILES string of the molecule is CNS(=O)(=O)C1CC(c2ccccc2)CN1CC1CCCc2ccccc21.Cl. The van der Waals surface area contributed by atoms with Gasteiger partial charge in [0, 0.05) is 13.1 Å². The highest BCUT2D eigenvalue weighted by atomic mass is 35.5. The zero-order valence-corrected chi connectivity index (χ0v) is 17.9. The van der Waals surface area contributed by atoms with Crippen LogP contribution < -0.4 is 4.72 Å². The van der Waals surface area contributed by atoms with Crippen molar-refractivity contribution in [2.24, 2.45) is 0 Å². The Kier molecular flexibility index (Phi) is 6.81. The molecule has 28 heavy (non-hydrogen) atoms. The number of rotatable bonds is 5. The second-order valence-electron chi connectivity index (χ2n) is 7.79. The zero-order chi connectivity index (χ0) is 18.9. The van der Waals surface area contributed by atoms with E-state index in [4.69, 9.17) is 0 Å². The first-order chi connectivity index (χ1) is 13.1. The van der Waals surface area contributed by atoms with Gasteiger partial charge in [-0.25, -0.2) is 13.1 Å². The van der Waals surface area contributed by atoms with E-state index in [2.05, 4.69) is 46.0 Å². The molecule has 1 saturated heterocycles. The molecule has 0 saturated carbocycles. The Morgan fingerprint density at radius 2 is 1.79 bits per heavy atom. The van der Waals surface area contributed by atoms with Gasteiger partial charge < -0.3 is 0 Å². The van der Waals surface area contributed by atoms with Crippen LogP contribution >= 0.6 is 12.4 Å². The molecule has 1 fully saturated rings. The fourth-order valence-corrected chi connectivity index (χ4v) is 6.14. The molecule has 4 rings (SSSR count). The summed E-state index contributed by atoms with van der Waals surface area (Å²) < 4.78 is 28.0. The number of sulfonamides is 1. The lowest BCUT2D eigenvalue weighted by atomic mass is 9.82. The molecule has 1 aliphatic carbocycles. The highest BCUT2D eigenvalue weighted by molar-refractivity contribution is 7.90. The maximum absolute atomic E-state index is 12.7. The Bertz CT molecular complexity index is 888. The quantitative estimate of drug-likeness (QED) is 0.798. The largest absolute Gasteiger partial charge is 0.285 e. The number of benzene rings is 2. The van der Waals surface area contributed by atoms with Gasteiger partial charge in [-0.1, -0.05) is 54.6 Å². The average Bonchev–Trinajstić information content (AvgIpc) is 3.14. The fourth-order valence-electron chi connectivity index (χ4n) is 4.81. The van der Waals surface area contributed by atoms with E-state index in [1.165, 1.54) is 30.2 Å². The molecular weight excluding hydrogens is 392 g/mol. The van der Waals surface area contributed by atoms with Crippen LogP contribution in [0.15, 0.2) is 54.6 Å². The third-order valence-corrected chi connectivity index (χ3v) is 7.99. The van der Waals surface area contributed by atoms with Crippen LogP contribution in [-0.4, -0.2) is 38.8 Å². The van der Waals surface area contributed by atoms with Gasteiger partial charge in [-0.3, -0.25) is 4.90 Å². The van der Waals surface area contributed by atoms with Gasteiger partial charge in [-0.2, -0.15) is 0 Å². The van der Waals surface area contributed by atoms with Crippen molar-refractivity contribution in [1.29, 1.82) is 0 Å². The van der Waals surface area contributed by atoms with Crippen LogP contribution in [0.2, 0.25) is 0 Å². The third kappa shape index (κ3) is 4.28. The molecule has 1 aliphatic heterocycles. The summed E-state index contributed by atoms with van der Waals surface area (Å²) in [7, 11) is -1.81. The normalized spacial score (nSPS) is 25.1. The molecule has 2 aliphatic rings. The van der Waals surface area contributed by atoms with E-state index in [0.29, 0.717) is 12.3 Å². The molecular formula is C22H29ClN2O2S. The Labute approximate surface area is 174 Å². The lowest BCUT2D eigenvalue weighted by molar-refractivity contribution is 0.271. The molecule has 1 heterocycles. The van der Waals surface area contributed by atoms with Crippen LogP contribution in [0.5, 0.6) is 0 Å². The number of hydrogen-bond donors (Lipinski definition) is 1. The summed E-state index contributed by atoms with van der Waals surface area (Å²) in [5.74, 6) is 0.678. The number of nitrogens with one attached hydrogen (secondary N) is 1. The van der Waals surface area contributed by atoms with Crippen LogP contribution in [0.25, 0.3) is 0 Å². The number of nitrogens with zero attached hydrogens (tertiary/aromatic N) is 1. The number of fused-ring (bicyclic) bond motifs is 1. The van der Waals surface area contributed by atoms with E-state index in [1.54, 1.807) is 0 Å².